The third-order valence-electron chi connectivity index (χ3n) is 5.06. The van der Waals surface area contributed by atoms with Crippen molar-refractivity contribution in [3.8, 4) is 5.75 Å². The predicted octanol–water partition coefficient (Wildman–Crippen LogP) is 4.45. The Morgan fingerprint density at radius 1 is 1.06 bits per heavy atom. The second-order valence-corrected chi connectivity index (χ2v) is 9.04. The summed E-state index contributed by atoms with van der Waals surface area (Å²) in [4.78, 5) is 27.9. The minimum absolute atomic E-state index is 0.0988. The van der Waals surface area contributed by atoms with Gasteiger partial charge < -0.3 is 15.0 Å². The first kappa shape index (κ1) is 24.4. The van der Waals surface area contributed by atoms with Crippen LogP contribution in [0.15, 0.2) is 48.5 Å². The van der Waals surface area contributed by atoms with Gasteiger partial charge in [0.2, 0.25) is 5.91 Å². The second-order valence-electron chi connectivity index (χ2n) is 9.04. The van der Waals surface area contributed by atoms with Crippen molar-refractivity contribution >= 4 is 11.8 Å². The molecular weight excluding hydrogens is 388 g/mol. The van der Waals surface area contributed by atoms with Crippen LogP contribution in [0.25, 0.3) is 0 Å². The topological polar surface area (TPSA) is 58.6 Å². The van der Waals surface area contributed by atoms with Crippen molar-refractivity contribution in [1.82, 2.24) is 10.2 Å². The van der Waals surface area contributed by atoms with Crippen LogP contribution in [0.2, 0.25) is 0 Å². The van der Waals surface area contributed by atoms with Gasteiger partial charge in [-0.25, -0.2) is 0 Å². The van der Waals surface area contributed by atoms with Gasteiger partial charge in [0.1, 0.15) is 11.8 Å². The van der Waals surface area contributed by atoms with Crippen molar-refractivity contribution in [2.24, 2.45) is 0 Å². The van der Waals surface area contributed by atoms with E-state index < -0.39 is 6.04 Å². The van der Waals surface area contributed by atoms with Crippen molar-refractivity contribution in [2.75, 3.05) is 13.2 Å². The van der Waals surface area contributed by atoms with E-state index in [1.165, 1.54) is 0 Å². The van der Waals surface area contributed by atoms with Crippen LogP contribution in [0.1, 0.15) is 50.8 Å². The van der Waals surface area contributed by atoms with Gasteiger partial charge in [0, 0.05) is 12.1 Å². The van der Waals surface area contributed by atoms with Crippen LogP contribution >= 0.6 is 0 Å². The van der Waals surface area contributed by atoms with Gasteiger partial charge >= 0.3 is 0 Å². The average Bonchev–Trinajstić information content (AvgIpc) is 2.70. The van der Waals surface area contributed by atoms with Gasteiger partial charge in [-0.1, -0.05) is 49.4 Å². The van der Waals surface area contributed by atoms with Crippen molar-refractivity contribution in [2.45, 2.75) is 66.0 Å². The molecule has 168 valence electrons. The number of carbonyl (C=O) groups is 2. The van der Waals surface area contributed by atoms with Crippen molar-refractivity contribution in [3.63, 3.8) is 0 Å². The summed E-state index contributed by atoms with van der Waals surface area (Å²) in [6.45, 7) is 12.1. The van der Waals surface area contributed by atoms with Crippen LogP contribution in [0.5, 0.6) is 5.75 Å². The van der Waals surface area contributed by atoms with Crippen molar-refractivity contribution in [1.29, 1.82) is 0 Å². The lowest BCUT2D eigenvalue weighted by Gasteiger charge is -2.33. The Morgan fingerprint density at radius 2 is 1.74 bits per heavy atom. The molecule has 2 aromatic rings. The Balaban J connectivity index is 2.18. The largest absolute Gasteiger partial charge is 0.483 e. The van der Waals surface area contributed by atoms with Gasteiger partial charge in [-0.2, -0.15) is 0 Å². The van der Waals surface area contributed by atoms with E-state index in [9.17, 15) is 9.59 Å². The minimum atomic E-state index is -0.544. The van der Waals surface area contributed by atoms with Gasteiger partial charge in [0.15, 0.2) is 6.61 Å². The van der Waals surface area contributed by atoms with E-state index >= 15 is 0 Å². The first-order chi connectivity index (χ1) is 14.6. The molecule has 1 atom stereocenters. The summed E-state index contributed by atoms with van der Waals surface area (Å²) < 4.78 is 5.86. The maximum Gasteiger partial charge on any atom is 0.261 e. The summed E-state index contributed by atoms with van der Waals surface area (Å²) in [6.07, 6.45) is 1.21. The third kappa shape index (κ3) is 7.74. The van der Waals surface area contributed by atoms with Crippen molar-refractivity contribution < 1.29 is 14.3 Å². The van der Waals surface area contributed by atoms with Crippen LogP contribution in [0.3, 0.4) is 0 Å². The van der Waals surface area contributed by atoms with Crippen LogP contribution in [-0.4, -0.2) is 41.4 Å². The molecule has 0 heterocycles. The third-order valence-corrected chi connectivity index (χ3v) is 5.06. The van der Waals surface area contributed by atoms with E-state index in [2.05, 4.69) is 5.32 Å². The van der Waals surface area contributed by atoms with Gasteiger partial charge in [-0.05, 0) is 70.2 Å². The van der Waals surface area contributed by atoms with E-state index in [1.54, 1.807) is 4.90 Å². The summed E-state index contributed by atoms with van der Waals surface area (Å²) in [5.41, 5.74) is 2.81. The fraction of sp³-hybridized carbons (Fsp3) is 0.462. The molecule has 0 aliphatic carbocycles. The number of hydrogen-bond donors (Lipinski definition) is 1. The highest BCUT2D eigenvalue weighted by Crippen LogP contribution is 2.19. The van der Waals surface area contributed by atoms with Gasteiger partial charge in [0.05, 0.1) is 0 Å². The monoisotopic (exact) mass is 424 g/mol. The molecular formula is C26H36N2O3. The minimum Gasteiger partial charge on any atom is -0.483 e. The van der Waals surface area contributed by atoms with E-state index in [1.807, 2.05) is 90.1 Å². The summed E-state index contributed by atoms with van der Waals surface area (Å²) in [5, 5.41) is 3.02. The normalized spacial score (nSPS) is 12.2. The Hall–Kier alpha value is -2.82. The Kier molecular flexibility index (Phi) is 8.66. The molecule has 1 N–H and O–H groups in total. The van der Waals surface area contributed by atoms with Crippen molar-refractivity contribution in [3.05, 3.63) is 65.2 Å². The number of aryl methyl sites for hydroxylation is 2. The zero-order chi connectivity index (χ0) is 23.0. The molecule has 0 saturated carbocycles. The molecule has 2 aromatic carbocycles. The molecule has 5 heteroatoms. The van der Waals surface area contributed by atoms with Crippen LogP contribution in [0.4, 0.5) is 0 Å². The van der Waals surface area contributed by atoms with Gasteiger partial charge in [-0.15, -0.1) is 0 Å². The summed E-state index contributed by atoms with van der Waals surface area (Å²) >= 11 is 0. The number of hydrogen-bond acceptors (Lipinski definition) is 3. The Morgan fingerprint density at radius 3 is 2.35 bits per heavy atom. The Bertz CT molecular complexity index is 872. The lowest BCUT2D eigenvalue weighted by atomic mass is 10.1. The lowest BCUT2D eigenvalue weighted by Crippen LogP contribution is -2.54. The second kappa shape index (κ2) is 11.0. The van der Waals surface area contributed by atoms with E-state index in [0.717, 1.165) is 16.7 Å². The van der Waals surface area contributed by atoms with Crippen LogP contribution < -0.4 is 10.1 Å². The smallest absolute Gasteiger partial charge is 0.261 e. The maximum absolute atomic E-state index is 13.2. The standard InChI is InChI=1S/C26H36N2O3/c1-7-22(25(30)27-26(4,5)6)28(16-15-21-11-9-8-10-12-21)24(29)18-31-23-17-19(2)13-14-20(23)3/h8-14,17,22H,7,15-16,18H2,1-6H3,(H,27,30)/t22-/m0/s1. The molecule has 0 fully saturated rings. The molecule has 31 heavy (non-hydrogen) atoms. The number of amides is 2. The fourth-order valence-corrected chi connectivity index (χ4v) is 3.43. The number of nitrogens with zero attached hydrogens (tertiary/aromatic N) is 1. The highest BCUT2D eigenvalue weighted by molar-refractivity contribution is 5.88. The van der Waals surface area contributed by atoms with Gasteiger partial charge in [0.25, 0.3) is 5.91 Å². The number of ether oxygens (including phenoxy) is 1. The molecule has 0 saturated heterocycles. The summed E-state index contributed by atoms with van der Waals surface area (Å²) in [5.74, 6) is 0.374. The first-order valence-electron chi connectivity index (χ1n) is 11.0. The molecule has 0 aliphatic heterocycles. The molecule has 0 bridgehead atoms. The fourth-order valence-electron chi connectivity index (χ4n) is 3.43. The molecule has 0 aromatic heterocycles. The molecule has 0 radical (unpaired) electrons. The van der Waals surface area contributed by atoms with Gasteiger partial charge in [-0.3, -0.25) is 9.59 Å². The van der Waals surface area contributed by atoms with Crippen LogP contribution in [-0.2, 0) is 16.0 Å². The molecule has 5 nitrogen and oxygen atoms in total. The zero-order valence-corrected chi connectivity index (χ0v) is 19.7. The number of rotatable bonds is 9. The average molecular weight is 425 g/mol. The van der Waals surface area contributed by atoms with E-state index in [-0.39, 0.29) is 24.0 Å². The maximum atomic E-state index is 13.2. The molecule has 0 unspecified atom stereocenters. The predicted molar refractivity (Wildman–Crippen MR) is 125 cm³/mol. The highest BCUT2D eigenvalue weighted by atomic mass is 16.5. The molecule has 0 spiro atoms. The SMILES string of the molecule is CC[C@@H](C(=O)NC(C)(C)C)N(CCc1ccccc1)C(=O)COc1cc(C)ccc1C. The molecule has 2 amide bonds. The first-order valence-corrected chi connectivity index (χ1v) is 11.0. The Labute approximate surface area is 186 Å². The zero-order valence-electron chi connectivity index (χ0n) is 19.7. The van der Waals surface area contributed by atoms with Crippen LogP contribution in [0, 0.1) is 13.8 Å². The molecule has 0 aliphatic rings. The number of benzene rings is 2. The lowest BCUT2D eigenvalue weighted by molar-refractivity contribution is -0.142. The summed E-state index contributed by atoms with van der Waals surface area (Å²) in [6, 6.07) is 15.4. The van der Waals surface area contributed by atoms with E-state index in [4.69, 9.17) is 4.74 Å². The number of carbonyl (C=O) groups excluding carboxylic acids is 2. The molecule has 2 rings (SSSR count). The number of nitrogens with one attached hydrogen (secondary N) is 1. The van der Waals surface area contributed by atoms with E-state index in [0.29, 0.717) is 25.1 Å². The summed E-state index contributed by atoms with van der Waals surface area (Å²) in [7, 11) is 0. The quantitative estimate of drug-likeness (QED) is 0.647. The highest BCUT2D eigenvalue weighted by Gasteiger charge is 2.30.